The Bertz CT molecular complexity index is 1570. The van der Waals surface area contributed by atoms with Crippen LogP contribution in [0.4, 0.5) is 9.80 Å². The molecule has 186 valence electrons. The third-order valence-electron chi connectivity index (χ3n) is 6.12. The first kappa shape index (κ1) is 23.4. The van der Waals surface area contributed by atoms with E-state index in [2.05, 4.69) is 10.5 Å². The van der Waals surface area contributed by atoms with Gasteiger partial charge in [-0.1, -0.05) is 47.6 Å². The summed E-state index contributed by atoms with van der Waals surface area (Å²) in [6.45, 7) is 3.09. The fourth-order valence-electron chi connectivity index (χ4n) is 4.36. The molecule has 4 heterocycles. The van der Waals surface area contributed by atoms with Crippen LogP contribution >= 0.6 is 22.7 Å². The quantitative estimate of drug-likeness (QED) is 0.281. The number of hydrogen-bond acceptors (Lipinski definition) is 8. The van der Waals surface area contributed by atoms with Crippen molar-refractivity contribution < 1.29 is 18.8 Å². The molecule has 8 nitrogen and oxygen atoms in total. The van der Waals surface area contributed by atoms with Crippen molar-refractivity contribution in [3.05, 3.63) is 76.8 Å². The van der Waals surface area contributed by atoms with E-state index < -0.39 is 0 Å². The van der Waals surface area contributed by atoms with Crippen molar-refractivity contribution in [2.45, 2.75) is 19.9 Å². The van der Waals surface area contributed by atoms with Crippen LogP contribution in [0.1, 0.15) is 27.9 Å². The van der Waals surface area contributed by atoms with Crippen molar-refractivity contribution in [1.82, 2.24) is 15.0 Å². The molecule has 0 bridgehead atoms. The summed E-state index contributed by atoms with van der Waals surface area (Å²) in [6, 6.07) is 19.1. The predicted molar refractivity (Wildman–Crippen MR) is 144 cm³/mol. The Kier molecular flexibility index (Phi) is 6.19. The molecule has 0 atom stereocenters. The number of ether oxygens (including phenoxy) is 1. The van der Waals surface area contributed by atoms with Crippen molar-refractivity contribution in [1.29, 1.82) is 0 Å². The molecule has 6 rings (SSSR count). The number of carbonyl (C=O) groups is 2. The third-order valence-corrected chi connectivity index (χ3v) is 8.30. The fourth-order valence-corrected chi connectivity index (χ4v) is 6.72. The maximum absolute atomic E-state index is 13.3. The van der Waals surface area contributed by atoms with Crippen LogP contribution < -0.4 is 5.32 Å². The summed E-state index contributed by atoms with van der Waals surface area (Å²) < 4.78 is 11.7. The van der Waals surface area contributed by atoms with Gasteiger partial charge in [0.05, 0.1) is 23.4 Å². The zero-order valence-corrected chi connectivity index (χ0v) is 21.5. The Labute approximate surface area is 220 Å². The van der Waals surface area contributed by atoms with Crippen molar-refractivity contribution in [2.24, 2.45) is 0 Å². The Balaban J connectivity index is 1.36. The number of rotatable bonds is 5. The minimum Gasteiger partial charge on any atom is -0.450 e. The van der Waals surface area contributed by atoms with Gasteiger partial charge in [-0.3, -0.25) is 4.79 Å². The number of nitrogens with zero attached hydrogens (tertiary/aromatic N) is 3. The molecule has 1 aliphatic heterocycles. The van der Waals surface area contributed by atoms with Crippen LogP contribution in [-0.2, 0) is 17.7 Å². The molecule has 3 aromatic heterocycles. The number of anilines is 1. The molecule has 0 aliphatic carbocycles. The molecule has 0 unspecified atom stereocenters. The number of thiazole rings is 1. The van der Waals surface area contributed by atoms with Gasteiger partial charge in [0.1, 0.15) is 10.0 Å². The van der Waals surface area contributed by atoms with Gasteiger partial charge in [-0.05, 0) is 31.0 Å². The highest BCUT2D eigenvalue weighted by molar-refractivity contribution is 7.23. The third kappa shape index (κ3) is 4.49. The summed E-state index contributed by atoms with van der Waals surface area (Å²) in [5.41, 5.74) is 3.95. The molecule has 0 saturated carbocycles. The van der Waals surface area contributed by atoms with Crippen molar-refractivity contribution in [2.75, 3.05) is 18.5 Å². The Morgan fingerprint density at radius 3 is 2.73 bits per heavy atom. The summed E-state index contributed by atoms with van der Waals surface area (Å²) in [6.07, 6.45) is 0.318. The molecular formula is C27H22N4O4S2. The molecule has 37 heavy (non-hydrogen) atoms. The van der Waals surface area contributed by atoms with Crippen LogP contribution in [-0.4, -0.2) is 40.2 Å². The van der Waals surface area contributed by atoms with Crippen LogP contribution in [0.25, 0.3) is 32.1 Å². The van der Waals surface area contributed by atoms with Gasteiger partial charge in [0.15, 0.2) is 11.5 Å². The number of carbonyl (C=O) groups excluding carboxylic acids is 2. The Morgan fingerprint density at radius 1 is 1.11 bits per heavy atom. The molecule has 10 heteroatoms. The maximum Gasteiger partial charge on any atom is 0.410 e. The number of aromatic nitrogens is 2. The largest absolute Gasteiger partial charge is 0.450 e. The lowest BCUT2D eigenvalue weighted by Gasteiger charge is -2.26. The average Bonchev–Trinajstić information content (AvgIpc) is 3.65. The molecule has 5 aromatic rings. The highest BCUT2D eigenvalue weighted by Gasteiger charge is 2.30. The van der Waals surface area contributed by atoms with Crippen molar-refractivity contribution in [3.8, 4) is 21.9 Å². The van der Waals surface area contributed by atoms with E-state index in [1.165, 1.54) is 11.3 Å². The number of fused-ring (bicyclic) bond motifs is 2. The fraction of sp³-hybridized carbons (Fsp3) is 0.185. The normalized spacial score (nSPS) is 12.9. The zero-order valence-electron chi connectivity index (χ0n) is 19.9. The van der Waals surface area contributed by atoms with Gasteiger partial charge in [0, 0.05) is 28.6 Å². The summed E-state index contributed by atoms with van der Waals surface area (Å²) in [5, 5.41) is 8.57. The van der Waals surface area contributed by atoms with Gasteiger partial charge >= 0.3 is 6.09 Å². The highest BCUT2D eigenvalue weighted by Crippen LogP contribution is 2.46. The smallest absolute Gasteiger partial charge is 0.410 e. The molecule has 2 amide bonds. The van der Waals surface area contributed by atoms with E-state index in [0.29, 0.717) is 36.9 Å². The monoisotopic (exact) mass is 530 g/mol. The lowest BCUT2D eigenvalue weighted by molar-refractivity contribution is 0.101. The molecular weight excluding hydrogens is 508 g/mol. The topological polar surface area (TPSA) is 97.6 Å². The van der Waals surface area contributed by atoms with Crippen LogP contribution in [0.2, 0.25) is 0 Å². The number of benzene rings is 2. The number of para-hydroxylation sites is 1. The van der Waals surface area contributed by atoms with Crippen molar-refractivity contribution in [3.63, 3.8) is 0 Å². The molecule has 2 aromatic carbocycles. The standard InChI is InChI=1S/C27H22N4O4S2/c1-2-34-27(33)31-13-12-17-22(15-31)37-26(23(17)25-28-18-10-6-7-11-21(18)36-25)29-24(32)19-14-20(35-30-19)16-8-4-3-5-9-16/h3-11,14H,2,12-13,15H2,1H3,(H,29,32). The van der Waals surface area contributed by atoms with Crippen LogP contribution in [0, 0.1) is 0 Å². The first-order valence-corrected chi connectivity index (χ1v) is 13.5. The summed E-state index contributed by atoms with van der Waals surface area (Å²) in [4.78, 5) is 33.2. The Morgan fingerprint density at radius 2 is 1.92 bits per heavy atom. The molecule has 0 spiro atoms. The Hall–Kier alpha value is -4.02. The summed E-state index contributed by atoms with van der Waals surface area (Å²) >= 11 is 3.05. The van der Waals surface area contributed by atoms with Crippen LogP contribution in [0.15, 0.2) is 65.2 Å². The second kappa shape index (κ2) is 9.79. The number of thiophene rings is 1. The summed E-state index contributed by atoms with van der Waals surface area (Å²) in [5.74, 6) is 0.154. The van der Waals surface area contributed by atoms with E-state index in [1.54, 1.807) is 29.2 Å². The molecule has 0 saturated heterocycles. The molecule has 0 radical (unpaired) electrons. The van der Waals surface area contributed by atoms with Gasteiger partial charge in [0.2, 0.25) is 0 Å². The van der Waals surface area contributed by atoms with E-state index in [0.717, 1.165) is 36.8 Å². The first-order chi connectivity index (χ1) is 18.1. The summed E-state index contributed by atoms with van der Waals surface area (Å²) in [7, 11) is 0. The van der Waals surface area contributed by atoms with E-state index in [1.807, 2.05) is 54.6 Å². The van der Waals surface area contributed by atoms with Crippen LogP contribution in [0.5, 0.6) is 0 Å². The molecule has 1 N–H and O–H groups in total. The second-order valence-corrected chi connectivity index (χ2v) is 10.6. The second-order valence-electron chi connectivity index (χ2n) is 8.46. The highest BCUT2D eigenvalue weighted by atomic mass is 32.1. The first-order valence-electron chi connectivity index (χ1n) is 11.9. The van der Waals surface area contributed by atoms with Gasteiger partial charge in [0.25, 0.3) is 5.91 Å². The van der Waals surface area contributed by atoms with Gasteiger partial charge < -0.3 is 19.5 Å². The molecule has 1 aliphatic rings. The minimum absolute atomic E-state index is 0.189. The van der Waals surface area contributed by atoms with E-state index in [4.69, 9.17) is 14.2 Å². The lowest BCUT2D eigenvalue weighted by Crippen LogP contribution is -2.35. The van der Waals surface area contributed by atoms with E-state index >= 15 is 0 Å². The number of nitrogens with one attached hydrogen (secondary N) is 1. The maximum atomic E-state index is 13.3. The minimum atomic E-state index is -0.367. The lowest BCUT2D eigenvalue weighted by atomic mass is 10.0. The van der Waals surface area contributed by atoms with E-state index in [9.17, 15) is 9.59 Å². The van der Waals surface area contributed by atoms with Crippen LogP contribution in [0.3, 0.4) is 0 Å². The number of amides is 2. The van der Waals surface area contributed by atoms with Crippen molar-refractivity contribution >= 4 is 49.9 Å². The van der Waals surface area contributed by atoms with Gasteiger partial charge in [-0.15, -0.1) is 22.7 Å². The van der Waals surface area contributed by atoms with Gasteiger partial charge in [-0.25, -0.2) is 9.78 Å². The average molecular weight is 531 g/mol. The van der Waals surface area contributed by atoms with Gasteiger partial charge in [-0.2, -0.15) is 0 Å². The SMILES string of the molecule is CCOC(=O)N1CCc2c(sc(NC(=O)c3cc(-c4ccccc4)on3)c2-c2nc3ccccc3s2)C1. The van der Waals surface area contributed by atoms with E-state index in [-0.39, 0.29) is 17.7 Å². The molecule has 0 fully saturated rings. The number of hydrogen-bond donors (Lipinski definition) is 1. The zero-order chi connectivity index (χ0) is 25.4. The predicted octanol–water partition coefficient (Wildman–Crippen LogP) is 6.45.